The van der Waals surface area contributed by atoms with Crippen LogP contribution in [0.15, 0.2) is 6.20 Å². The Morgan fingerprint density at radius 1 is 1.26 bits per heavy atom. The first kappa shape index (κ1) is 13.1. The van der Waals surface area contributed by atoms with Crippen LogP contribution in [0.3, 0.4) is 0 Å². The number of rotatable bonds is 4. The van der Waals surface area contributed by atoms with E-state index in [9.17, 15) is 0 Å². The lowest BCUT2D eigenvalue weighted by molar-refractivity contribution is 0.0694. The molecule has 2 saturated heterocycles. The average Bonchev–Trinajstić information content (AvgIpc) is 2.70. The first-order valence-corrected chi connectivity index (χ1v) is 7.44. The van der Waals surface area contributed by atoms with Gasteiger partial charge in [-0.1, -0.05) is 6.92 Å². The summed E-state index contributed by atoms with van der Waals surface area (Å²) in [5, 5.41) is 7.89. The molecule has 2 fully saturated rings. The first-order valence-electron chi connectivity index (χ1n) is 7.44. The van der Waals surface area contributed by atoms with Crippen LogP contribution in [0.1, 0.15) is 18.2 Å². The molecule has 0 atom stereocenters. The summed E-state index contributed by atoms with van der Waals surface area (Å²) in [6.45, 7) is 10.4. The molecule has 2 aliphatic rings. The molecular weight excluding hydrogens is 238 g/mol. The van der Waals surface area contributed by atoms with E-state index in [1.807, 2.05) is 11.7 Å². The molecule has 0 amide bonds. The second-order valence-corrected chi connectivity index (χ2v) is 5.75. The summed E-state index contributed by atoms with van der Waals surface area (Å²) in [4.78, 5) is 5.20. The van der Waals surface area contributed by atoms with Crippen LogP contribution in [0.4, 0.5) is 0 Å². The minimum atomic E-state index is 0.798. The van der Waals surface area contributed by atoms with Gasteiger partial charge in [0.25, 0.3) is 0 Å². The van der Waals surface area contributed by atoms with Crippen molar-refractivity contribution in [3.8, 4) is 0 Å². The van der Waals surface area contributed by atoms with Crippen LogP contribution in [0.25, 0.3) is 0 Å². The normalized spacial score (nSPS) is 22.6. The second-order valence-electron chi connectivity index (χ2n) is 5.75. The maximum Gasteiger partial charge on any atom is 0.0666 e. The van der Waals surface area contributed by atoms with Crippen molar-refractivity contribution in [3.63, 3.8) is 0 Å². The molecule has 3 rings (SSSR count). The zero-order valence-corrected chi connectivity index (χ0v) is 12.1. The van der Waals surface area contributed by atoms with Crippen molar-refractivity contribution in [2.75, 3.05) is 39.3 Å². The van der Waals surface area contributed by atoms with Crippen LogP contribution < -0.4 is 5.32 Å². The predicted octanol–water partition coefficient (Wildman–Crippen LogP) is 0.0719. The minimum absolute atomic E-state index is 0.798. The maximum absolute atomic E-state index is 4.53. The Hall–Kier alpha value is -0.910. The number of aromatic nitrogens is 2. The Morgan fingerprint density at radius 2 is 2.00 bits per heavy atom. The number of nitrogens with zero attached hydrogens (tertiary/aromatic N) is 4. The SMILES string of the molecule is CCc1nn(C)cc1CN1CCN(C2CNC2)CC1. The van der Waals surface area contributed by atoms with Crippen molar-refractivity contribution in [2.24, 2.45) is 7.05 Å². The zero-order valence-electron chi connectivity index (χ0n) is 12.1. The van der Waals surface area contributed by atoms with Crippen LogP contribution in [0.2, 0.25) is 0 Å². The number of nitrogens with one attached hydrogen (secondary N) is 1. The molecule has 0 spiro atoms. The quantitative estimate of drug-likeness (QED) is 0.834. The topological polar surface area (TPSA) is 36.3 Å². The Kier molecular flexibility index (Phi) is 3.86. The molecular formula is C14H25N5. The van der Waals surface area contributed by atoms with E-state index in [-0.39, 0.29) is 0 Å². The highest BCUT2D eigenvalue weighted by molar-refractivity contribution is 5.17. The van der Waals surface area contributed by atoms with Gasteiger partial charge in [0.1, 0.15) is 0 Å². The number of piperazine rings is 1. The summed E-state index contributed by atoms with van der Waals surface area (Å²) in [7, 11) is 2.02. The largest absolute Gasteiger partial charge is 0.314 e. The van der Waals surface area contributed by atoms with Crippen LogP contribution in [-0.2, 0) is 20.0 Å². The van der Waals surface area contributed by atoms with E-state index in [0.717, 1.165) is 19.0 Å². The van der Waals surface area contributed by atoms with Gasteiger partial charge in [0.2, 0.25) is 0 Å². The third-order valence-corrected chi connectivity index (χ3v) is 4.40. The Balaban J connectivity index is 1.53. The molecule has 5 heteroatoms. The van der Waals surface area contributed by atoms with Gasteiger partial charge in [0, 0.05) is 70.7 Å². The van der Waals surface area contributed by atoms with Crippen LogP contribution in [0, 0.1) is 0 Å². The maximum atomic E-state index is 4.53. The van der Waals surface area contributed by atoms with Gasteiger partial charge in [0.15, 0.2) is 0 Å². The van der Waals surface area contributed by atoms with Crippen molar-refractivity contribution >= 4 is 0 Å². The average molecular weight is 263 g/mol. The molecule has 0 aliphatic carbocycles. The van der Waals surface area contributed by atoms with Gasteiger partial charge in [-0.2, -0.15) is 5.10 Å². The van der Waals surface area contributed by atoms with E-state index in [0.29, 0.717) is 0 Å². The summed E-state index contributed by atoms with van der Waals surface area (Å²) < 4.78 is 1.95. The van der Waals surface area contributed by atoms with E-state index in [1.54, 1.807) is 0 Å². The van der Waals surface area contributed by atoms with Gasteiger partial charge in [0.05, 0.1) is 5.69 Å². The molecule has 0 radical (unpaired) electrons. The zero-order chi connectivity index (χ0) is 13.2. The minimum Gasteiger partial charge on any atom is -0.314 e. The highest BCUT2D eigenvalue weighted by atomic mass is 15.3. The standard InChI is InChI=1S/C14H25N5/c1-3-14-12(10-17(2)16-14)11-18-4-6-19(7-5-18)13-8-15-9-13/h10,13,15H,3-9,11H2,1-2H3. The molecule has 5 nitrogen and oxygen atoms in total. The van der Waals surface area contributed by atoms with Gasteiger partial charge in [-0.05, 0) is 6.42 Å². The van der Waals surface area contributed by atoms with Crippen molar-refractivity contribution in [1.29, 1.82) is 0 Å². The summed E-state index contributed by atoms with van der Waals surface area (Å²) in [6, 6.07) is 0.798. The lowest BCUT2D eigenvalue weighted by atomic mass is 10.1. The molecule has 1 aromatic rings. The van der Waals surface area contributed by atoms with Crippen molar-refractivity contribution in [1.82, 2.24) is 24.9 Å². The van der Waals surface area contributed by atoms with Gasteiger partial charge < -0.3 is 5.32 Å². The fraction of sp³-hybridized carbons (Fsp3) is 0.786. The van der Waals surface area contributed by atoms with Crippen molar-refractivity contribution < 1.29 is 0 Å². The van der Waals surface area contributed by atoms with E-state index < -0.39 is 0 Å². The van der Waals surface area contributed by atoms with E-state index in [2.05, 4.69) is 33.3 Å². The number of hydrogen-bond acceptors (Lipinski definition) is 4. The lowest BCUT2D eigenvalue weighted by Crippen LogP contribution is -2.61. The van der Waals surface area contributed by atoms with Gasteiger partial charge in [-0.15, -0.1) is 0 Å². The first-order chi connectivity index (χ1) is 9.26. The Morgan fingerprint density at radius 3 is 2.58 bits per heavy atom. The molecule has 2 aliphatic heterocycles. The highest BCUT2D eigenvalue weighted by Gasteiger charge is 2.27. The molecule has 0 bridgehead atoms. The summed E-state index contributed by atoms with van der Waals surface area (Å²) in [5.41, 5.74) is 2.66. The number of aryl methyl sites for hydroxylation is 2. The fourth-order valence-electron chi connectivity index (χ4n) is 3.07. The molecule has 1 aromatic heterocycles. The van der Waals surface area contributed by atoms with Crippen LogP contribution >= 0.6 is 0 Å². The van der Waals surface area contributed by atoms with Gasteiger partial charge in [-0.3, -0.25) is 14.5 Å². The monoisotopic (exact) mass is 263 g/mol. The third-order valence-electron chi connectivity index (χ3n) is 4.40. The smallest absolute Gasteiger partial charge is 0.0666 e. The van der Waals surface area contributed by atoms with E-state index >= 15 is 0 Å². The van der Waals surface area contributed by atoms with E-state index in [1.165, 1.54) is 50.5 Å². The fourth-order valence-corrected chi connectivity index (χ4v) is 3.07. The number of hydrogen-bond donors (Lipinski definition) is 1. The van der Waals surface area contributed by atoms with Crippen molar-refractivity contribution in [2.45, 2.75) is 25.9 Å². The van der Waals surface area contributed by atoms with Gasteiger partial charge >= 0.3 is 0 Å². The predicted molar refractivity (Wildman–Crippen MR) is 76.1 cm³/mol. The molecule has 0 aromatic carbocycles. The van der Waals surface area contributed by atoms with Crippen LogP contribution in [-0.4, -0.2) is 64.9 Å². The molecule has 0 unspecified atom stereocenters. The van der Waals surface area contributed by atoms with E-state index in [4.69, 9.17) is 0 Å². The lowest BCUT2D eigenvalue weighted by Gasteiger charge is -2.43. The molecule has 106 valence electrons. The van der Waals surface area contributed by atoms with Crippen molar-refractivity contribution in [3.05, 3.63) is 17.5 Å². The molecule has 1 N–H and O–H groups in total. The summed E-state index contributed by atoms with van der Waals surface area (Å²) in [5.74, 6) is 0. The van der Waals surface area contributed by atoms with Gasteiger partial charge in [-0.25, -0.2) is 0 Å². The highest BCUT2D eigenvalue weighted by Crippen LogP contribution is 2.14. The Bertz CT molecular complexity index is 415. The summed E-state index contributed by atoms with van der Waals surface area (Å²) in [6.07, 6.45) is 3.21. The summed E-state index contributed by atoms with van der Waals surface area (Å²) >= 11 is 0. The second kappa shape index (κ2) is 5.61. The van der Waals surface area contributed by atoms with Crippen LogP contribution in [0.5, 0.6) is 0 Å². The molecule has 0 saturated carbocycles. The Labute approximate surface area is 115 Å². The third kappa shape index (κ3) is 2.83. The molecule has 19 heavy (non-hydrogen) atoms. The molecule has 3 heterocycles.